The van der Waals surface area contributed by atoms with E-state index in [1.807, 2.05) is 0 Å². The van der Waals surface area contributed by atoms with Crippen molar-refractivity contribution in [1.82, 2.24) is 4.57 Å². The van der Waals surface area contributed by atoms with E-state index in [0.717, 1.165) is 28.3 Å². The van der Waals surface area contributed by atoms with Crippen molar-refractivity contribution in [1.29, 1.82) is 0 Å². The van der Waals surface area contributed by atoms with Crippen molar-refractivity contribution in [3.05, 3.63) is 218 Å². The maximum atomic E-state index is 2.46. The van der Waals surface area contributed by atoms with Gasteiger partial charge in [0.1, 0.15) is 0 Å². The molecule has 54 heavy (non-hydrogen) atoms. The third-order valence-corrected chi connectivity index (χ3v) is 10.6. The van der Waals surface area contributed by atoms with Gasteiger partial charge in [-0.05, 0) is 63.9 Å². The number of hydrogen-bond acceptors (Lipinski definition) is 1. The summed E-state index contributed by atoms with van der Waals surface area (Å²) in [6, 6.07) is 78.9. The standard InChI is InChI=1S/C52H36N2/c1-3-18-38(19-4-1)42-25-9-13-30-48(42)53(50-32-15-11-27-45(50)44-29-17-23-37-22-7-8-24-41(37)44)40-34-35-47-46-28-12-16-33-51(46)54(52(47)36-40)49-31-14-10-26-43(49)39-20-5-2-6-21-39/h1-36H. The number of rotatable bonds is 7. The Morgan fingerprint density at radius 3 is 1.61 bits per heavy atom. The molecule has 0 fully saturated rings. The molecule has 10 rings (SSSR count). The van der Waals surface area contributed by atoms with Crippen LogP contribution in [0.5, 0.6) is 0 Å². The summed E-state index contributed by atoms with van der Waals surface area (Å²) in [4.78, 5) is 2.46. The van der Waals surface area contributed by atoms with Crippen LogP contribution in [0.4, 0.5) is 17.1 Å². The Labute approximate surface area is 315 Å². The van der Waals surface area contributed by atoms with Crippen molar-refractivity contribution in [2.75, 3.05) is 4.90 Å². The molecule has 0 radical (unpaired) electrons. The average Bonchev–Trinajstić information content (AvgIpc) is 3.58. The normalized spacial score (nSPS) is 11.3. The molecule has 0 N–H and O–H groups in total. The van der Waals surface area contributed by atoms with Crippen molar-refractivity contribution < 1.29 is 0 Å². The fourth-order valence-electron chi connectivity index (χ4n) is 8.18. The van der Waals surface area contributed by atoms with Crippen LogP contribution in [0.1, 0.15) is 0 Å². The Morgan fingerprint density at radius 1 is 0.315 bits per heavy atom. The van der Waals surface area contributed by atoms with Crippen LogP contribution in [-0.2, 0) is 0 Å². The van der Waals surface area contributed by atoms with Crippen LogP contribution in [0.3, 0.4) is 0 Å². The van der Waals surface area contributed by atoms with Crippen LogP contribution in [0.2, 0.25) is 0 Å². The number of hydrogen-bond donors (Lipinski definition) is 0. The third-order valence-electron chi connectivity index (χ3n) is 10.6. The van der Waals surface area contributed by atoms with Crippen LogP contribution < -0.4 is 4.90 Å². The number of aromatic nitrogens is 1. The molecule has 0 amide bonds. The van der Waals surface area contributed by atoms with E-state index in [4.69, 9.17) is 0 Å². The van der Waals surface area contributed by atoms with Gasteiger partial charge in [0.05, 0.1) is 28.1 Å². The Kier molecular flexibility index (Phi) is 7.85. The topological polar surface area (TPSA) is 8.17 Å². The first-order valence-electron chi connectivity index (χ1n) is 18.5. The minimum Gasteiger partial charge on any atom is -0.309 e. The van der Waals surface area contributed by atoms with Crippen LogP contribution in [-0.4, -0.2) is 4.57 Å². The van der Waals surface area contributed by atoms with E-state index < -0.39 is 0 Å². The van der Waals surface area contributed by atoms with Gasteiger partial charge in [-0.25, -0.2) is 0 Å². The van der Waals surface area contributed by atoms with Gasteiger partial charge < -0.3 is 9.47 Å². The second kappa shape index (κ2) is 13.4. The molecule has 0 spiro atoms. The van der Waals surface area contributed by atoms with Crippen molar-refractivity contribution >= 4 is 49.6 Å². The van der Waals surface area contributed by atoms with Gasteiger partial charge in [0.2, 0.25) is 0 Å². The summed E-state index contributed by atoms with van der Waals surface area (Å²) < 4.78 is 2.45. The van der Waals surface area contributed by atoms with E-state index in [0.29, 0.717) is 0 Å². The Balaban J connectivity index is 1.28. The lowest BCUT2D eigenvalue weighted by atomic mass is 9.95. The molecule has 10 aromatic rings. The summed E-state index contributed by atoms with van der Waals surface area (Å²) in [6.07, 6.45) is 0. The molecule has 254 valence electrons. The number of benzene rings is 9. The summed E-state index contributed by atoms with van der Waals surface area (Å²) in [6.45, 7) is 0. The van der Waals surface area contributed by atoms with Crippen LogP contribution in [0, 0.1) is 0 Å². The minimum atomic E-state index is 1.08. The summed E-state index contributed by atoms with van der Waals surface area (Å²) in [5.41, 5.74) is 13.9. The first-order chi connectivity index (χ1) is 26.8. The van der Waals surface area contributed by atoms with E-state index in [2.05, 4.69) is 228 Å². The number of anilines is 3. The van der Waals surface area contributed by atoms with Gasteiger partial charge in [0.15, 0.2) is 0 Å². The van der Waals surface area contributed by atoms with Crippen LogP contribution >= 0.6 is 0 Å². The SMILES string of the molecule is c1ccc(-c2ccccc2N(c2ccc3c4ccccc4n(-c4ccccc4-c4ccccc4)c3c2)c2ccccc2-c2cccc3ccccc23)cc1. The van der Waals surface area contributed by atoms with Crippen molar-refractivity contribution in [2.45, 2.75) is 0 Å². The van der Waals surface area contributed by atoms with E-state index in [9.17, 15) is 0 Å². The molecule has 0 atom stereocenters. The zero-order valence-electron chi connectivity index (χ0n) is 29.7. The number of nitrogens with zero attached hydrogens (tertiary/aromatic N) is 2. The highest BCUT2D eigenvalue weighted by Gasteiger charge is 2.23. The van der Waals surface area contributed by atoms with Crippen molar-refractivity contribution in [2.24, 2.45) is 0 Å². The van der Waals surface area contributed by atoms with E-state index >= 15 is 0 Å². The third kappa shape index (κ3) is 5.36. The second-order valence-corrected chi connectivity index (χ2v) is 13.7. The lowest BCUT2D eigenvalue weighted by Crippen LogP contribution is -2.12. The highest BCUT2D eigenvalue weighted by Crippen LogP contribution is 2.47. The summed E-state index contributed by atoms with van der Waals surface area (Å²) >= 11 is 0. The molecule has 0 unspecified atom stereocenters. The van der Waals surface area contributed by atoms with Gasteiger partial charge in [0.25, 0.3) is 0 Å². The van der Waals surface area contributed by atoms with E-state index in [-0.39, 0.29) is 0 Å². The van der Waals surface area contributed by atoms with E-state index in [1.165, 1.54) is 60.4 Å². The van der Waals surface area contributed by atoms with Crippen molar-refractivity contribution in [3.8, 4) is 39.1 Å². The maximum absolute atomic E-state index is 2.46. The predicted molar refractivity (Wildman–Crippen MR) is 229 cm³/mol. The van der Waals surface area contributed by atoms with Gasteiger partial charge in [-0.15, -0.1) is 0 Å². The highest BCUT2D eigenvalue weighted by molar-refractivity contribution is 6.11. The van der Waals surface area contributed by atoms with Crippen LogP contribution in [0.25, 0.3) is 71.6 Å². The zero-order chi connectivity index (χ0) is 35.8. The molecule has 1 aromatic heterocycles. The second-order valence-electron chi connectivity index (χ2n) is 13.7. The first-order valence-corrected chi connectivity index (χ1v) is 18.5. The lowest BCUT2D eigenvalue weighted by molar-refractivity contribution is 1.18. The first kappa shape index (κ1) is 31.6. The minimum absolute atomic E-state index is 1.08. The number of fused-ring (bicyclic) bond motifs is 4. The molecule has 2 heteroatoms. The van der Waals surface area contributed by atoms with Gasteiger partial charge in [-0.3, -0.25) is 0 Å². The molecule has 0 saturated heterocycles. The maximum Gasteiger partial charge on any atom is 0.0562 e. The van der Waals surface area contributed by atoms with Gasteiger partial charge in [-0.1, -0.05) is 182 Å². The molecule has 0 bridgehead atoms. The quantitative estimate of drug-likeness (QED) is 0.162. The largest absolute Gasteiger partial charge is 0.309 e. The molecule has 9 aromatic carbocycles. The highest BCUT2D eigenvalue weighted by atomic mass is 15.1. The molecule has 0 saturated carbocycles. The average molecular weight is 689 g/mol. The van der Waals surface area contributed by atoms with E-state index in [1.54, 1.807) is 0 Å². The molecular formula is C52H36N2. The smallest absolute Gasteiger partial charge is 0.0562 e. The molecular weight excluding hydrogens is 653 g/mol. The summed E-state index contributed by atoms with van der Waals surface area (Å²) in [5, 5.41) is 4.91. The summed E-state index contributed by atoms with van der Waals surface area (Å²) in [5.74, 6) is 0. The Morgan fingerprint density at radius 2 is 0.833 bits per heavy atom. The lowest BCUT2D eigenvalue weighted by Gasteiger charge is -2.30. The predicted octanol–water partition coefficient (Wildman–Crippen LogP) is 14.4. The number of para-hydroxylation sites is 4. The zero-order valence-corrected chi connectivity index (χ0v) is 29.7. The summed E-state index contributed by atoms with van der Waals surface area (Å²) in [7, 11) is 0. The van der Waals surface area contributed by atoms with Gasteiger partial charge in [0, 0.05) is 33.2 Å². The molecule has 1 heterocycles. The fourth-order valence-corrected chi connectivity index (χ4v) is 8.18. The fraction of sp³-hybridized carbons (Fsp3) is 0. The Bertz CT molecular complexity index is 2930. The van der Waals surface area contributed by atoms with Crippen LogP contribution in [0.15, 0.2) is 218 Å². The molecule has 2 nitrogen and oxygen atoms in total. The molecule has 0 aliphatic carbocycles. The van der Waals surface area contributed by atoms with Crippen molar-refractivity contribution in [3.63, 3.8) is 0 Å². The van der Waals surface area contributed by atoms with Gasteiger partial charge in [-0.2, -0.15) is 0 Å². The Hall–Kier alpha value is -7.16. The molecule has 0 aliphatic rings. The van der Waals surface area contributed by atoms with Gasteiger partial charge >= 0.3 is 0 Å². The molecule has 0 aliphatic heterocycles. The monoisotopic (exact) mass is 688 g/mol.